The lowest BCUT2D eigenvalue weighted by Crippen LogP contribution is -2.30. The van der Waals surface area contributed by atoms with Gasteiger partial charge in [-0.3, -0.25) is 4.79 Å². The van der Waals surface area contributed by atoms with Crippen molar-refractivity contribution in [3.8, 4) is 5.75 Å². The molecule has 1 N–H and O–H groups in total. The van der Waals surface area contributed by atoms with Crippen molar-refractivity contribution in [3.63, 3.8) is 0 Å². The summed E-state index contributed by atoms with van der Waals surface area (Å²) in [6, 6.07) is 11.5. The van der Waals surface area contributed by atoms with Crippen LogP contribution in [0, 0.1) is 6.92 Å². The first-order valence-electron chi connectivity index (χ1n) is 8.93. The van der Waals surface area contributed by atoms with Crippen LogP contribution in [-0.2, 0) is 31.3 Å². The summed E-state index contributed by atoms with van der Waals surface area (Å²) >= 11 is 0. The molecule has 1 aliphatic heterocycles. The molecule has 0 bridgehead atoms. The molecular weight excluding hydrogens is 416 g/mol. The molecule has 0 atom stereocenters. The number of ether oxygens (including phenoxy) is 1. The van der Waals surface area contributed by atoms with E-state index in [1.165, 1.54) is 18.2 Å². The number of benzene rings is 2. The van der Waals surface area contributed by atoms with Crippen LogP contribution in [0.5, 0.6) is 5.75 Å². The second-order valence-electron chi connectivity index (χ2n) is 6.67. The molecule has 0 aliphatic carbocycles. The summed E-state index contributed by atoms with van der Waals surface area (Å²) in [6.45, 7) is 1.78. The van der Waals surface area contributed by atoms with Crippen molar-refractivity contribution in [1.82, 2.24) is 4.72 Å². The molecule has 0 spiro atoms. The van der Waals surface area contributed by atoms with Gasteiger partial charge in [0.05, 0.1) is 23.4 Å². The first-order valence-corrected chi connectivity index (χ1v) is 12.0. The Hall–Kier alpha value is -2.43. The van der Waals surface area contributed by atoms with E-state index < -0.39 is 26.0 Å². The van der Waals surface area contributed by atoms with E-state index >= 15 is 0 Å². The van der Waals surface area contributed by atoms with Crippen LogP contribution in [0.25, 0.3) is 0 Å². The number of amides is 1. The largest absolute Gasteiger partial charge is 0.497 e. The SMILES string of the molecule is COc1ccc(CCNS(=O)(=O)c2cc(N3C(=O)CCS3(=O)=O)ccc2C)cc1. The van der Waals surface area contributed by atoms with Crippen LogP contribution in [0.4, 0.5) is 5.69 Å². The Bertz CT molecular complexity index is 1130. The Morgan fingerprint density at radius 3 is 2.41 bits per heavy atom. The van der Waals surface area contributed by atoms with E-state index in [9.17, 15) is 21.6 Å². The highest BCUT2D eigenvalue weighted by Crippen LogP contribution is 2.29. The van der Waals surface area contributed by atoms with Crippen molar-refractivity contribution in [2.75, 3.05) is 23.7 Å². The zero-order valence-corrected chi connectivity index (χ0v) is 17.7. The average molecular weight is 439 g/mol. The molecular formula is C19H22N2O6S2. The van der Waals surface area contributed by atoms with Crippen LogP contribution in [0.2, 0.25) is 0 Å². The number of anilines is 1. The maximum atomic E-state index is 12.8. The van der Waals surface area contributed by atoms with Crippen molar-refractivity contribution in [2.24, 2.45) is 0 Å². The molecule has 29 heavy (non-hydrogen) atoms. The third-order valence-corrected chi connectivity index (χ3v) is 7.93. The molecule has 0 saturated carbocycles. The number of hydrogen-bond donors (Lipinski definition) is 1. The minimum atomic E-state index is -3.89. The zero-order valence-electron chi connectivity index (χ0n) is 16.1. The number of sulfonamides is 2. The van der Waals surface area contributed by atoms with Gasteiger partial charge in [-0.2, -0.15) is 0 Å². The van der Waals surface area contributed by atoms with Gasteiger partial charge in [-0.1, -0.05) is 18.2 Å². The van der Waals surface area contributed by atoms with Crippen LogP contribution in [0.3, 0.4) is 0 Å². The van der Waals surface area contributed by atoms with E-state index in [0.717, 1.165) is 5.56 Å². The van der Waals surface area contributed by atoms with E-state index in [2.05, 4.69) is 4.72 Å². The van der Waals surface area contributed by atoms with Crippen molar-refractivity contribution in [3.05, 3.63) is 53.6 Å². The summed E-state index contributed by atoms with van der Waals surface area (Å²) < 4.78 is 58.1. The topological polar surface area (TPSA) is 110 Å². The fourth-order valence-electron chi connectivity index (χ4n) is 3.07. The molecule has 3 rings (SSSR count). The molecule has 156 valence electrons. The van der Waals surface area contributed by atoms with E-state index in [4.69, 9.17) is 4.74 Å². The second kappa shape index (κ2) is 8.13. The van der Waals surface area contributed by atoms with Gasteiger partial charge < -0.3 is 4.74 Å². The standard InChI is InChI=1S/C19H22N2O6S2/c1-14-3-6-16(21-19(22)10-12-28(21,23)24)13-18(14)29(25,26)20-11-9-15-4-7-17(27-2)8-5-15/h3-8,13,20H,9-12H2,1-2H3. The lowest BCUT2D eigenvalue weighted by atomic mass is 10.1. The molecule has 2 aromatic rings. The molecule has 0 radical (unpaired) electrons. The summed E-state index contributed by atoms with van der Waals surface area (Å²) in [5.74, 6) is -0.125. The van der Waals surface area contributed by atoms with E-state index in [1.807, 2.05) is 12.1 Å². The molecule has 2 aromatic carbocycles. The summed E-state index contributed by atoms with van der Waals surface area (Å²) in [6.07, 6.45) is 0.360. The zero-order chi connectivity index (χ0) is 21.2. The minimum absolute atomic E-state index is 0.0358. The Labute approximate surface area is 170 Å². The minimum Gasteiger partial charge on any atom is -0.497 e. The van der Waals surface area contributed by atoms with Crippen LogP contribution < -0.4 is 13.8 Å². The first-order chi connectivity index (χ1) is 13.6. The highest BCUT2D eigenvalue weighted by atomic mass is 32.2. The van der Waals surface area contributed by atoms with Crippen LogP contribution in [0.1, 0.15) is 17.5 Å². The molecule has 1 aliphatic rings. The van der Waals surface area contributed by atoms with Gasteiger partial charge in [-0.05, 0) is 48.7 Å². The Balaban J connectivity index is 1.78. The van der Waals surface area contributed by atoms with Crippen molar-refractivity contribution in [2.45, 2.75) is 24.7 Å². The number of aryl methyl sites for hydroxylation is 1. The van der Waals surface area contributed by atoms with Crippen LogP contribution in [-0.4, -0.2) is 42.2 Å². The van der Waals surface area contributed by atoms with Crippen molar-refractivity contribution in [1.29, 1.82) is 0 Å². The predicted molar refractivity (Wildman–Crippen MR) is 109 cm³/mol. The van der Waals surface area contributed by atoms with Crippen molar-refractivity contribution >= 4 is 31.6 Å². The Morgan fingerprint density at radius 2 is 1.83 bits per heavy atom. The van der Waals surface area contributed by atoms with Gasteiger partial charge in [0.25, 0.3) is 0 Å². The predicted octanol–water partition coefficient (Wildman–Crippen LogP) is 1.59. The number of rotatable bonds is 7. The average Bonchev–Trinajstić information content (AvgIpc) is 2.95. The van der Waals surface area contributed by atoms with Gasteiger partial charge in [0.2, 0.25) is 26.0 Å². The maximum absolute atomic E-state index is 12.8. The fourth-order valence-corrected chi connectivity index (χ4v) is 5.82. The van der Waals surface area contributed by atoms with Gasteiger partial charge >= 0.3 is 0 Å². The molecule has 1 amide bonds. The van der Waals surface area contributed by atoms with E-state index in [0.29, 0.717) is 22.0 Å². The Morgan fingerprint density at radius 1 is 1.14 bits per heavy atom. The smallest absolute Gasteiger partial charge is 0.242 e. The summed E-state index contributed by atoms with van der Waals surface area (Å²) in [7, 11) is -6.08. The molecule has 8 nitrogen and oxygen atoms in total. The highest BCUT2D eigenvalue weighted by Gasteiger charge is 2.36. The molecule has 1 saturated heterocycles. The number of carbonyl (C=O) groups excluding carboxylic acids is 1. The molecule has 0 aromatic heterocycles. The Kier molecular flexibility index (Phi) is 5.97. The molecule has 1 fully saturated rings. The number of nitrogens with zero attached hydrogens (tertiary/aromatic N) is 1. The monoisotopic (exact) mass is 438 g/mol. The normalized spacial score (nSPS) is 16.2. The van der Waals surface area contributed by atoms with Gasteiger partial charge in [0.1, 0.15) is 5.75 Å². The van der Waals surface area contributed by atoms with Gasteiger partial charge in [-0.15, -0.1) is 0 Å². The molecule has 1 heterocycles. The van der Waals surface area contributed by atoms with Crippen LogP contribution >= 0.6 is 0 Å². The first kappa shape index (κ1) is 21.3. The number of carbonyl (C=O) groups is 1. The lowest BCUT2D eigenvalue weighted by Gasteiger charge is -2.17. The number of nitrogens with one attached hydrogen (secondary N) is 1. The summed E-state index contributed by atoms with van der Waals surface area (Å²) in [5, 5.41) is 0. The van der Waals surface area contributed by atoms with E-state index in [-0.39, 0.29) is 29.3 Å². The lowest BCUT2D eigenvalue weighted by molar-refractivity contribution is -0.116. The van der Waals surface area contributed by atoms with Crippen LogP contribution in [0.15, 0.2) is 47.4 Å². The second-order valence-corrected chi connectivity index (χ2v) is 10.3. The van der Waals surface area contributed by atoms with Gasteiger partial charge in [0, 0.05) is 13.0 Å². The maximum Gasteiger partial charge on any atom is 0.242 e. The van der Waals surface area contributed by atoms with Gasteiger partial charge in [-0.25, -0.2) is 25.9 Å². The number of methoxy groups -OCH3 is 1. The van der Waals surface area contributed by atoms with Gasteiger partial charge in [0.15, 0.2) is 0 Å². The summed E-state index contributed by atoms with van der Waals surface area (Å²) in [4.78, 5) is 11.9. The molecule has 10 heteroatoms. The number of hydrogen-bond acceptors (Lipinski definition) is 6. The molecule has 0 unspecified atom stereocenters. The van der Waals surface area contributed by atoms with E-state index in [1.54, 1.807) is 26.2 Å². The third-order valence-electron chi connectivity index (χ3n) is 4.64. The summed E-state index contributed by atoms with van der Waals surface area (Å²) in [5.41, 5.74) is 1.43. The quantitative estimate of drug-likeness (QED) is 0.703. The van der Waals surface area contributed by atoms with Crippen molar-refractivity contribution < 1.29 is 26.4 Å². The third kappa shape index (κ3) is 4.60. The fraction of sp³-hybridized carbons (Fsp3) is 0.316. The highest BCUT2D eigenvalue weighted by molar-refractivity contribution is 7.94.